The SMILES string of the molecule is CCC[C@H]1NC(=O)[C@@H](NC(C)=O)[C@@H](C)OC(=O)[C@H](C(C)C)NC(=O)[C@H](Cc2ccc(OC)cc2)N(C)C(=O)[C@@H]2CCCN2C(=O)[C@@H]2CCCN2C1=O. The minimum Gasteiger partial charge on any atom is -0.497 e. The number of fused-ring (bicyclic) bond motifs is 2. The monoisotopic (exact) mass is 726 g/mol. The van der Waals surface area contributed by atoms with Crippen LogP contribution in [0.2, 0.25) is 0 Å². The van der Waals surface area contributed by atoms with E-state index in [-0.39, 0.29) is 18.7 Å². The molecule has 0 spiro atoms. The van der Waals surface area contributed by atoms with Gasteiger partial charge in [-0.25, -0.2) is 4.79 Å². The summed E-state index contributed by atoms with van der Waals surface area (Å²) >= 11 is 0. The molecule has 0 radical (unpaired) electrons. The van der Waals surface area contributed by atoms with Gasteiger partial charge < -0.3 is 40.1 Å². The van der Waals surface area contributed by atoms with Crippen molar-refractivity contribution in [2.24, 2.45) is 5.92 Å². The van der Waals surface area contributed by atoms with Gasteiger partial charge >= 0.3 is 5.97 Å². The lowest BCUT2D eigenvalue weighted by Gasteiger charge is -2.36. The lowest BCUT2D eigenvalue weighted by Crippen LogP contribution is -2.59. The number of benzene rings is 1. The van der Waals surface area contributed by atoms with Gasteiger partial charge in [0.2, 0.25) is 35.4 Å². The maximum Gasteiger partial charge on any atom is 0.329 e. The van der Waals surface area contributed by atoms with Gasteiger partial charge in [0.05, 0.1) is 7.11 Å². The molecule has 0 saturated carbocycles. The van der Waals surface area contributed by atoms with Gasteiger partial charge in [0.25, 0.3) is 0 Å². The maximum absolute atomic E-state index is 14.3. The summed E-state index contributed by atoms with van der Waals surface area (Å²) in [6.45, 7) is 8.55. The van der Waals surface area contributed by atoms with Crippen LogP contribution in [0.3, 0.4) is 0 Å². The van der Waals surface area contributed by atoms with E-state index >= 15 is 0 Å². The highest BCUT2D eigenvalue weighted by atomic mass is 16.5. The summed E-state index contributed by atoms with van der Waals surface area (Å²) in [6, 6.07) is 0.689. The Morgan fingerprint density at radius 2 is 1.52 bits per heavy atom. The van der Waals surface area contributed by atoms with Crippen molar-refractivity contribution in [3.63, 3.8) is 0 Å². The Morgan fingerprint density at radius 1 is 0.923 bits per heavy atom. The van der Waals surface area contributed by atoms with Crippen molar-refractivity contribution in [1.82, 2.24) is 30.7 Å². The number of nitrogens with one attached hydrogen (secondary N) is 3. The Kier molecular flexibility index (Phi) is 13.6. The zero-order chi connectivity index (χ0) is 38.3. The Bertz CT molecular complexity index is 1500. The van der Waals surface area contributed by atoms with Gasteiger partial charge in [0, 0.05) is 33.5 Å². The van der Waals surface area contributed by atoms with Crippen LogP contribution in [0.5, 0.6) is 5.75 Å². The van der Waals surface area contributed by atoms with Gasteiger partial charge in [-0.1, -0.05) is 39.3 Å². The third-order valence-electron chi connectivity index (χ3n) is 10.2. The molecule has 15 heteroatoms. The molecule has 0 aromatic heterocycles. The fraction of sp³-hybridized carbons (Fsp3) is 0.649. The van der Waals surface area contributed by atoms with Crippen LogP contribution in [-0.2, 0) is 44.7 Å². The van der Waals surface area contributed by atoms with E-state index in [4.69, 9.17) is 9.47 Å². The van der Waals surface area contributed by atoms with Gasteiger partial charge in [-0.15, -0.1) is 0 Å². The number of methoxy groups -OCH3 is 1. The highest BCUT2D eigenvalue weighted by Gasteiger charge is 2.46. The number of cyclic esters (lactones) is 1. The van der Waals surface area contributed by atoms with Crippen LogP contribution < -0.4 is 20.7 Å². The number of carbonyl (C=O) groups is 7. The van der Waals surface area contributed by atoms with Crippen LogP contribution in [0.15, 0.2) is 24.3 Å². The number of rotatable bonds is 7. The molecule has 4 rings (SSSR count). The number of esters is 1. The number of hydrogen-bond acceptors (Lipinski definition) is 9. The molecular weight excluding hydrogens is 672 g/mol. The fourth-order valence-corrected chi connectivity index (χ4v) is 7.24. The van der Waals surface area contributed by atoms with Crippen molar-refractivity contribution in [2.75, 3.05) is 27.2 Å². The molecule has 3 aliphatic heterocycles. The summed E-state index contributed by atoms with van der Waals surface area (Å²) in [5, 5.41) is 8.07. The highest BCUT2D eigenvalue weighted by Crippen LogP contribution is 2.28. The molecule has 15 nitrogen and oxygen atoms in total. The summed E-state index contributed by atoms with van der Waals surface area (Å²) in [7, 11) is 3.05. The summed E-state index contributed by atoms with van der Waals surface area (Å²) in [5.74, 6) is -3.85. The minimum atomic E-state index is -1.37. The molecule has 286 valence electrons. The Balaban J connectivity index is 1.78. The van der Waals surface area contributed by atoms with Gasteiger partial charge in [0.15, 0.2) is 0 Å². The first-order valence-electron chi connectivity index (χ1n) is 18.3. The summed E-state index contributed by atoms with van der Waals surface area (Å²) in [4.78, 5) is 101. The highest BCUT2D eigenvalue weighted by molar-refractivity contribution is 5.97. The molecule has 3 saturated heterocycles. The van der Waals surface area contributed by atoms with E-state index in [1.54, 1.807) is 38.1 Å². The lowest BCUT2D eigenvalue weighted by molar-refractivity contribution is -0.157. The van der Waals surface area contributed by atoms with E-state index in [9.17, 15) is 33.6 Å². The number of ether oxygens (including phenoxy) is 2. The average molecular weight is 727 g/mol. The Labute approximate surface area is 305 Å². The first-order chi connectivity index (χ1) is 24.7. The smallest absolute Gasteiger partial charge is 0.329 e. The van der Waals surface area contributed by atoms with Gasteiger partial charge in [-0.2, -0.15) is 0 Å². The molecule has 52 heavy (non-hydrogen) atoms. The summed E-state index contributed by atoms with van der Waals surface area (Å²) in [5.41, 5.74) is 0.724. The third-order valence-corrected chi connectivity index (χ3v) is 10.2. The third kappa shape index (κ3) is 9.20. The molecule has 0 aliphatic carbocycles. The predicted octanol–water partition coefficient (Wildman–Crippen LogP) is 0.922. The number of amides is 6. The predicted molar refractivity (Wildman–Crippen MR) is 189 cm³/mol. The number of likely N-dealkylation sites (N-methyl/N-ethyl adjacent to an activating group) is 1. The van der Waals surface area contributed by atoms with Crippen molar-refractivity contribution in [1.29, 1.82) is 0 Å². The second-order valence-corrected chi connectivity index (χ2v) is 14.3. The molecule has 3 fully saturated rings. The number of carbonyl (C=O) groups excluding carboxylic acids is 7. The summed E-state index contributed by atoms with van der Waals surface area (Å²) < 4.78 is 11.0. The first-order valence-corrected chi connectivity index (χ1v) is 18.3. The van der Waals surface area contributed by atoms with Crippen molar-refractivity contribution in [3.05, 3.63) is 29.8 Å². The minimum absolute atomic E-state index is 0.0868. The molecule has 3 N–H and O–H groups in total. The Hall–Kier alpha value is -4.69. The number of hydrogen-bond donors (Lipinski definition) is 3. The summed E-state index contributed by atoms with van der Waals surface area (Å²) in [6.07, 6.45) is 1.56. The van der Waals surface area contributed by atoms with E-state index in [0.29, 0.717) is 50.9 Å². The zero-order valence-corrected chi connectivity index (χ0v) is 31.3. The second kappa shape index (κ2) is 17.7. The van der Waals surface area contributed by atoms with Crippen molar-refractivity contribution in [2.45, 2.75) is 122 Å². The largest absolute Gasteiger partial charge is 0.497 e. The molecular formula is C37H54N6O9. The van der Waals surface area contributed by atoms with Crippen LogP contribution in [0, 0.1) is 5.92 Å². The van der Waals surface area contributed by atoms with E-state index in [2.05, 4.69) is 16.0 Å². The average Bonchev–Trinajstić information content (AvgIpc) is 3.81. The molecule has 6 amide bonds. The molecule has 7 atom stereocenters. The first kappa shape index (κ1) is 40.1. The molecule has 0 bridgehead atoms. The zero-order valence-electron chi connectivity index (χ0n) is 31.3. The van der Waals surface area contributed by atoms with Crippen LogP contribution >= 0.6 is 0 Å². The van der Waals surface area contributed by atoms with E-state index in [1.807, 2.05) is 6.92 Å². The molecule has 1 aromatic carbocycles. The van der Waals surface area contributed by atoms with Crippen LogP contribution in [0.25, 0.3) is 0 Å². The van der Waals surface area contributed by atoms with Crippen molar-refractivity contribution < 1.29 is 43.0 Å². The fourth-order valence-electron chi connectivity index (χ4n) is 7.24. The maximum atomic E-state index is 14.3. The van der Waals surface area contributed by atoms with E-state index in [0.717, 1.165) is 5.56 Å². The van der Waals surface area contributed by atoms with Crippen molar-refractivity contribution in [3.8, 4) is 5.75 Å². The molecule has 1 aromatic rings. The molecule has 3 heterocycles. The molecule has 3 aliphatic rings. The van der Waals surface area contributed by atoms with Crippen LogP contribution in [0.1, 0.15) is 78.7 Å². The topological polar surface area (TPSA) is 184 Å². The van der Waals surface area contributed by atoms with Gasteiger partial charge in [-0.3, -0.25) is 28.8 Å². The van der Waals surface area contributed by atoms with E-state index < -0.39 is 83.8 Å². The van der Waals surface area contributed by atoms with Crippen molar-refractivity contribution >= 4 is 41.4 Å². The van der Waals surface area contributed by atoms with Gasteiger partial charge in [-0.05, 0) is 62.6 Å². The standard InChI is InChI=1S/C37H54N6O9/c1-8-11-26-34(47)42-18-10-13-28(42)36(49)43-19-9-12-27(43)35(48)41(6)29(20-24-14-16-25(51-7)17-15-24)32(45)40-30(21(2)3)37(50)52-22(4)31(33(46)39-26)38-23(5)44/h14-17,21-22,26-31H,8-13,18-20H2,1-7H3,(H,38,44)(H,39,46)(H,40,45)/t22-,26-,27+,28+,29+,30+,31+/m1/s1. The number of nitrogens with zero attached hydrogens (tertiary/aromatic N) is 3. The van der Waals surface area contributed by atoms with E-state index in [1.165, 1.54) is 42.7 Å². The normalized spacial score (nSPS) is 28.3. The van der Waals surface area contributed by atoms with Crippen LogP contribution in [0.4, 0.5) is 0 Å². The lowest BCUT2D eigenvalue weighted by atomic mass is 10.00. The second-order valence-electron chi connectivity index (χ2n) is 14.3. The van der Waals surface area contributed by atoms with Crippen LogP contribution in [-0.4, -0.2) is 126 Å². The quantitative estimate of drug-likeness (QED) is 0.344. The molecule has 0 unspecified atom stereocenters. The Morgan fingerprint density at radius 3 is 2.08 bits per heavy atom. The van der Waals surface area contributed by atoms with Gasteiger partial charge in [0.1, 0.15) is 48.1 Å².